The molecule has 2 N–H and O–H groups in total. The molecule has 7 rings (SSSR count). The highest BCUT2D eigenvalue weighted by Gasteiger charge is 2.19. The van der Waals surface area contributed by atoms with Gasteiger partial charge in [-0.15, -0.1) is 11.3 Å². The summed E-state index contributed by atoms with van der Waals surface area (Å²) >= 11 is 1.61. The Morgan fingerprint density at radius 3 is 2.76 bits per heavy atom. The molecule has 0 aliphatic carbocycles. The zero-order chi connectivity index (χ0) is 22.8. The van der Waals surface area contributed by atoms with Gasteiger partial charge in [0.15, 0.2) is 5.65 Å². The van der Waals surface area contributed by atoms with E-state index in [1.165, 1.54) is 4.68 Å². The zero-order valence-electron chi connectivity index (χ0n) is 18.1. The Kier molecular flexibility index (Phi) is 4.00. The number of aryl methyl sites for hydroxylation is 1. The van der Waals surface area contributed by atoms with E-state index in [4.69, 9.17) is 4.98 Å². The van der Waals surface area contributed by atoms with Crippen LogP contribution in [0.2, 0.25) is 0 Å². The fraction of sp³-hybridized carbons (Fsp3) is 0.125. The molecule has 0 fully saturated rings. The number of hydrogen-bond donors (Lipinski definition) is 2. The number of benzene rings is 2. The maximum atomic E-state index is 13.4. The molecule has 10 heteroatoms. The van der Waals surface area contributed by atoms with Gasteiger partial charge in [0.25, 0.3) is 5.56 Å². The molecule has 5 heterocycles. The van der Waals surface area contributed by atoms with E-state index >= 15 is 0 Å². The third-order valence-electron chi connectivity index (χ3n) is 6.37. The van der Waals surface area contributed by atoms with Crippen LogP contribution in [0.1, 0.15) is 16.1 Å². The molecule has 0 aliphatic heterocycles. The minimum absolute atomic E-state index is 0.130. The van der Waals surface area contributed by atoms with E-state index in [1.807, 2.05) is 48.1 Å². The van der Waals surface area contributed by atoms with E-state index in [0.717, 1.165) is 53.7 Å². The second-order valence-corrected chi connectivity index (χ2v) is 9.45. The minimum Gasteiger partial charge on any atom is -0.323 e. The number of nitrogens with one attached hydrogen (secondary N) is 2. The van der Waals surface area contributed by atoms with E-state index in [9.17, 15) is 4.79 Å². The van der Waals surface area contributed by atoms with Gasteiger partial charge in [0.05, 0.1) is 40.9 Å². The van der Waals surface area contributed by atoms with Crippen molar-refractivity contribution in [1.82, 2.24) is 39.7 Å². The first-order valence-electron chi connectivity index (χ1n) is 10.8. The Morgan fingerprint density at radius 2 is 1.82 bits per heavy atom. The molecule has 0 bridgehead atoms. The van der Waals surface area contributed by atoms with Gasteiger partial charge in [-0.1, -0.05) is 30.3 Å². The Hall–Kier alpha value is -4.31. The summed E-state index contributed by atoms with van der Waals surface area (Å²) in [6.07, 6.45) is 6.09. The van der Waals surface area contributed by atoms with E-state index in [2.05, 4.69) is 31.6 Å². The molecule has 0 atom stereocenters. The molecule has 0 spiro atoms. The summed E-state index contributed by atoms with van der Waals surface area (Å²) in [4.78, 5) is 18.3. The van der Waals surface area contributed by atoms with Crippen LogP contribution in [-0.2, 0) is 20.0 Å². The maximum Gasteiger partial charge on any atom is 0.291 e. The van der Waals surface area contributed by atoms with Crippen molar-refractivity contribution in [3.63, 3.8) is 0 Å². The van der Waals surface area contributed by atoms with Crippen LogP contribution in [-0.4, -0.2) is 39.7 Å². The molecular weight excluding hydrogens is 448 g/mol. The van der Waals surface area contributed by atoms with Gasteiger partial charge in [-0.3, -0.25) is 15.0 Å². The Labute approximate surface area is 195 Å². The molecule has 0 radical (unpaired) electrons. The molecule has 0 saturated heterocycles. The van der Waals surface area contributed by atoms with Crippen molar-refractivity contribution in [2.75, 3.05) is 0 Å². The predicted molar refractivity (Wildman–Crippen MR) is 132 cm³/mol. The maximum absolute atomic E-state index is 13.4. The first kappa shape index (κ1) is 19.2. The second kappa shape index (κ2) is 7.09. The van der Waals surface area contributed by atoms with Crippen molar-refractivity contribution in [3.05, 3.63) is 81.5 Å². The van der Waals surface area contributed by atoms with Crippen LogP contribution >= 0.6 is 11.3 Å². The number of para-hydroxylation sites is 1. The van der Waals surface area contributed by atoms with E-state index in [1.54, 1.807) is 23.7 Å². The van der Waals surface area contributed by atoms with Crippen molar-refractivity contribution in [3.8, 4) is 0 Å². The fourth-order valence-corrected chi connectivity index (χ4v) is 5.82. The van der Waals surface area contributed by atoms with Gasteiger partial charge in [0, 0.05) is 29.6 Å². The first-order valence-corrected chi connectivity index (χ1v) is 11.6. The standard InChI is InChI=1S/C24H18N8OS/c1-31-21-17(11-27-32(24(21)33)12-15-6-3-7-18-16(15)10-26-29-18)22-23(31)28-19(34-22)8-13-4-2-5-14-9-25-30-20(13)14/h2-7,9-11H,8,12H2,1H3,(H,25,30)(H,26,29). The molecule has 7 aromatic rings. The van der Waals surface area contributed by atoms with Crippen LogP contribution in [0.3, 0.4) is 0 Å². The fourth-order valence-electron chi connectivity index (χ4n) is 4.69. The molecular formula is C24H18N8OS. The third kappa shape index (κ3) is 2.75. The van der Waals surface area contributed by atoms with E-state index in [0.29, 0.717) is 18.5 Å². The van der Waals surface area contributed by atoms with Gasteiger partial charge in [-0.05, 0) is 17.2 Å². The Morgan fingerprint density at radius 1 is 0.971 bits per heavy atom. The zero-order valence-corrected chi connectivity index (χ0v) is 18.9. The molecule has 9 nitrogen and oxygen atoms in total. The number of H-pyrrole nitrogens is 2. The van der Waals surface area contributed by atoms with Crippen molar-refractivity contribution in [2.24, 2.45) is 7.05 Å². The average molecular weight is 467 g/mol. The highest BCUT2D eigenvalue weighted by Crippen LogP contribution is 2.32. The minimum atomic E-state index is -0.130. The smallest absolute Gasteiger partial charge is 0.291 e. The summed E-state index contributed by atoms with van der Waals surface area (Å²) in [5.74, 6) is 0. The summed E-state index contributed by atoms with van der Waals surface area (Å²) in [7, 11) is 1.90. The predicted octanol–water partition coefficient (Wildman–Crippen LogP) is 3.74. The lowest BCUT2D eigenvalue weighted by Crippen LogP contribution is -2.24. The van der Waals surface area contributed by atoms with E-state index in [-0.39, 0.29) is 5.56 Å². The van der Waals surface area contributed by atoms with Crippen molar-refractivity contribution >= 4 is 54.4 Å². The molecule has 0 aliphatic rings. The van der Waals surface area contributed by atoms with Gasteiger partial charge in [-0.25, -0.2) is 9.67 Å². The SMILES string of the molecule is Cn1c2nc(Cc3cccc4cn[nH]c34)sc2c2cnn(Cc3cccc4[nH]ncc34)c(=O)c21. The number of hydrogen-bond acceptors (Lipinski definition) is 6. The largest absolute Gasteiger partial charge is 0.323 e. The molecule has 34 heavy (non-hydrogen) atoms. The van der Waals surface area contributed by atoms with E-state index < -0.39 is 0 Å². The van der Waals surface area contributed by atoms with Crippen LogP contribution in [0.15, 0.2) is 59.8 Å². The number of aromatic amines is 2. The van der Waals surface area contributed by atoms with Crippen LogP contribution in [0.25, 0.3) is 43.1 Å². The van der Waals surface area contributed by atoms with Crippen LogP contribution in [0.4, 0.5) is 0 Å². The highest BCUT2D eigenvalue weighted by atomic mass is 32.1. The van der Waals surface area contributed by atoms with Gasteiger partial charge >= 0.3 is 0 Å². The quantitative estimate of drug-likeness (QED) is 0.411. The van der Waals surface area contributed by atoms with Crippen molar-refractivity contribution < 1.29 is 0 Å². The molecule has 5 aromatic heterocycles. The van der Waals surface area contributed by atoms with Crippen molar-refractivity contribution in [2.45, 2.75) is 13.0 Å². The summed E-state index contributed by atoms with van der Waals surface area (Å²) in [5, 5.41) is 22.7. The van der Waals surface area contributed by atoms with Gasteiger partial charge in [0.1, 0.15) is 10.5 Å². The molecule has 0 amide bonds. The van der Waals surface area contributed by atoms with Crippen LogP contribution < -0.4 is 5.56 Å². The second-order valence-electron chi connectivity index (χ2n) is 8.37. The molecule has 166 valence electrons. The number of nitrogens with zero attached hydrogens (tertiary/aromatic N) is 6. The first-order chi connectivity index (χ1) is 16.7. The molecule has 2 aromatic carbocycles. The lowest BCUT2D eigenvalue weighted by Gasteiger charge is -2.07. The molecule has 0 unspecified atom stereocenters. The van der Waals surface area contributed by atoms with Crippen LogP contribution in [0, 0.1) is 0 Å². The average Bonchev–Trinajstić information content (AvgIpc) is 3.62. The number of thiazole rings is 1. The summed E-state index contributed by atoms with van der Waals surface area (Å²) in [6.45, 7) is 0.372. The number of fused-ring (bicyclic) bond motifs is 5. The lowest BCUT2D eigenvalue weighted by molar-refractivity contribution is 0.647. The van der Waals surface area contributed by atoms with Gasteiger partial charge in [-0.2, -0.15) is 15.3 Å². The van der Waals surface area contributed by atoms with Gasteiger partial charge in [0.2, 0.25) is 0 Å². The lowest BCUT2D eigenvalue weighted by atomic mass is 10.1. The Bertz CT molecular complexity index is 1920. The highest BCUT2D eigenvalue weighted by molar-refractivity contribution is 7.19. The normalized spacial score (nSPS) is 12.0. The monoisotopic (exact) mass is 466 g/mol. The summed E-state index contributed by atoms with van der Waals surface area (Å²) in [5.41, 5.74) is 5.40. The van der Waals surface area contributed by atoms with Gasteiger partial charge < -0.3 is 4.57 Å². The Balaban J connectivity index is 1.31. The topological polar surface area (TPSA) is 110 Å². The third-order valence-corrected chi connectivity index (χ3v) is 7.45. The summed E-state index contributed by atoms with van der Waals surface area (Å²) < 4.78 is 4.38. The summed E-state index contributed by atoms with van der Waals surface area (Å²) in [6, 6.07) is 12.1. The number of rotatable bonds is 4. The molecule has 0 saturated carbocycles. The van der Waals surface area contributed by atoms with Crippen LogP contribution in [0.5, 0.6) is 0 Å². The van der Waals surface area contributed by atoms with Crippen molar-refractivity contribution in [1.29, 1.82) is 0 Å². The number of aromatic nitrogens is 8.